The monoisotopic (exact) mass is 272 g/mol. The molecule has 6 heteroatoms. The number of hydrogen-bond donors (Lipinski definition) is 0. The summed E-state index contributed by atoms with van der Waals surface area (Å²) in [4.78, 5) is 4.80. The van der Waals surface area contributed by atoms with E-state index in [4.69, 9.17) is 5.26 Å². The van der Waals surface area contributed by atoms with Gasteiger partial charge in [-0.15, -0.1) is 11.3 Å². The SMILES string of the molecule is CCCc1nc(CS(=O)(=O)CCC)sc1C#N. The lowest BCUT2D eigenvalue weighted by Crippen LogP contribution is -2.08. The molecule has 0 unspecified atom stereocenters. The van der Waals surface area contributed by atoms with E-state index >= 15 is 0 Å². The number of aromatic nitrogens is 1. The normalized spacial score (nSPS) is 11.4. The molecule has 17 heavy (non-hydrogen) atoms. The van der Waals surface area contributed by atoms with Crippen LogP contribution in [0, 0.1) is 11.3 Å². The van der Waals surface area contributed by atoms with Gasteiger partial charge in [0.15, 0.2) is 9.84 Å². The maximum Gasteiger partial charge on any atom is 0.156 e. The molecule has 0 aromatic carbocycles. The van der Waals surface area contributed by atoms with Crippen molar-refractivity contribution in [1.82, 2.24) is 4.98 Å². The Morgan fingerprint density at radius 3 is 2.59 bits per heavy atom. The number of nitrogens with zero attached hydrogens (tertiary/aromatic N) is 2. The Kier molecular flexibility index (Phi) is 5.09. The average Bonchev–Trinajstić information content (AvgIpc) is 2.59. The molecule has 0 aliphatic rings. The van der Waals surface area contributed by atoms with Crippen LogP contribution in [0.1, 0.15) is 42.3 Å². The van der Waals surface area contributed by atoms with Crippen molar-refractivity contribution in [2.75, 3.05) is 5.75 Å². The van der Waals surface area contributed by atoms with Gasteiger partial charge in [-0.1, -0.05) is 20.3 Å². The summed E-state index contributed by atoms with van der Waals surface area (Å²) in [6.45, 7) is 3.84. The Bertz CT molecular complexity index is 512. The predicted octanol–water partition coefficient (Wildman–Crippen LogP) is 2.29. The summed E-state index contributed by atoms with van der Waals surface area (Å²) in [7, 11) is -3.07. The van der Waals surface area contributed by atoms with E-state index in [1.54, 1.807) is 0 Å². The van der Waals surface area contributed by atoms with E-state index in [9.17, 15) is 8.42 Å². The Morgan fingerprint density at radius 2 is 2.06 bits per heavy atom. The molecule has 1 aromatic heterocycles. The highest BCUT2D eigenvalue weighted by Gasteiger charge is 2.16. The molecule has 0 spiro atoms. The van der Waals surface area contributed by atoms with Gasteiger partial charge in [-0.2, -0.15) is 5.26 Å². The molecule has 0 aliphatic carbocycles. The molecule has 1 aromatic rings. The fraction of sp³-hybridized carbons (Fsp3) is 0.636. The molecule has 1 rings (SSSR count). The summed E-state index contributed by atoms with van der Waals surface area (Å²) in [5.41, 5.74) is 0.738. The Morgan fingerprint density at radius 1 is 1.35 bits per heavy atom. The number of nitriles is 1. The zero-order valence-corrected chi connectivity index (χ0v) is 11.7. The summed E-state index contributed by atoms with van der Waals surface area (Å²) in [5, 5.41) is 9.47. The van der Waals surface area contributed by atoms with E-state index in [1.165, 1.54) is 11.3 Å². The van der Waals surface area contributed by atoms with Gasteiger partial charge in [-0.3, -0.25) is 0 Å². The number of hydrogen-bond acceptors (Lipinski definition) is 5. The average molecular weight is 272 g/mol. The molecule has 0 N–H and O–H groups in total. The van der Waals surface area contributed by atoms with Crippen molar-refractivity contribution in [2.45, 2.75) is 38.9 Å². The predicted molar refractivity (Wildman–Crippen MR) is 68.6 cm³/mol. The first-order chi connectivity index (χ1) is 8.02. The summed E-state index contributed by atoms with van der Waals surface area (Å²) in [6.07, 6.45) is 2.24. The van der Waals surface area contributed by atoms with Gasteiger partial charge in [0.05, 0.1) is 11.4 Å². The summed E-state index contributed by atoms with van der Waals surface area (Å²) >= 11 is 1.20. The molecule has 0 bridgehead atoms. The van der Waals surface area contributed by atoms with Crippen LogP contribution >= 0.6 is 11.3 Å². The first-order valence-corrected chi connectivity index (χ1v) is 8.25. The van der Waals surface area contributed by atoms with Crippen molar-refractivity contribution in [2.24, 2.45) is 0 Å². The quantitative estimate of drug-likeness (QED) is 0.796. The van der Waals surface area contributed by atoms with Gasteiger partial charge < -0.3 is 0 Å². The zero-order valence-electron chi connectivity index (χ0n) is 10.1. The molecule has 0 radical (unpaired) electrons. The van der Waals surface area contributed by atoms with Crippen LogP contribution in [0.2, 0.25) is 0 Å². The van der Waals surface area contributed by atoms with Crippen molar-refractivity contribution in [3.63, 3.8) is 0 Å². The Balaban J connectivity index is 2.90. The van der Waals surface area contributed by atoms with E-state index in [2.05, 4.69) is 11.1 Å². The van der Waals surface area contributed by atoms with Crippen LogP contribution in [0.15, 0.2) is 0 Å². The third-order valence-corrected chi connectivity index (χ3v) is 5.12. The van der Waals surface area contributed by atoms with Crippen molar-refractivity contribution in [3.8, 4) is 6.07 Å². The second kappa shape index (κ2) is 6.12. The van der Waals surface area contributed by atoms with Gasteiger partial charge in [0.1, 0.15) is 21.7 Å². The highest BCUT2D eigenvalue weighted by atomic mass is 32.2. The minimum absolute atomic E-state index is 0.0378. The summed E-state index contributed by atoms with van der Waals surface area (Å²) < 4.78 is 23.3. The highest BCUT2D eigenvalue weighted by Crippen LogP contribution is 2.21. The second-order valence-electron chi connectivity index (χ2n) is 3.84. The molecule has 0 aliphatic heterocycles. The van der Waals surface area contributed by atoms with Crippen molar-refractivity contribution >= 4 is 21.2 Å². The number of aryl methyl sites for hydroxylation is 1. The largest absolute Gasteiger partial charge is 0.244 e. The second-order valence-corrected chi connectivity index (χ2v) is 7.10. The summed E-state index contributed by atoms with van der Waals surface area (Å²) in [5.74, 6) is 0.140. The zero-order chi connectivity index (χ0) is 12.9. The van der Waals surface area contributed by atoms with Gasteiger partial charge >= 0.3 is 0 Å². The van der Waals surface area contributed by atoms with Crippen LogP contribution in [-0.4, -0.2) is 19.2 Å². The molecule has 94 valence electrons. The molecule has 0 atom stereocenters. The van der Waals surface area contributed by atoms with Gasteiger partial charge in [-0.25, -0.2) is 13.4 Å². The van der Waals surface area contributed by atoms with E-state index in [0.717, 1.165) is 18.5 Å². The first kappa shape index (κ1) is 14.1. The fourth-order valence-corrected chi connectivity index (χ4v) is 4.21. The lowest BCUT2D eigenvalue weighted by molar-refractivity contribution is 0.593. The lowest BCUT2D eigenvalue weighted by Gasteiger charge is -1.98. The Labute approximate surface area is 106 Å². The van der Waals surface area contributed by atoms with Crippen LogP contribution < -0.4 is 0 Å². The van der Waals surface area contributed by atoms with Gasteiger partial charge in [-0.05, 0) is 12.8 Å². The third kappa shape index (κ3) is 4.10. The van der Waals surface area contributed by atoms with Gasteiger partial charge in [0.25, 0.3) is 0 Å². The first-order valence-electron chi connectivity index (χ1n) is 5.61. The van der Waals surface area contributed by atoms with Crippen molar-refractivity contribution in [3.05, 3.63) is 15.6 Å². The Hall–Kier alpha value is -0.930. The van der Waals surface area contributed by atoms with Gasteiger partial charge in [0, 0.05) is 0 Å². The fourth-order valence-electron chi connectivity index (χ4n) is 1.53. The molecule has 0 saturated carbocycles. The molecule has 0 fully saturated rings. The van der Waals surface area contributed by atoms with Crippen LogP contribution in [-0.2, 0) is 22.0 Å². The molecule has 4 nitrogen and oxygen atoms in total. The standard InChI is InChI=1S/C11H16N2O2S2/c1-3-5-9-10(7-12)16-11(13-9)8-17(14,15)6-4-2/h3-6,8H2,1-2H3. The topological polar surface area (TPSA) is 70.8 Å². The minimum atomic E-state index is -3.07. The van der Waals surface area contributed by atoms with Crippen LogP contribution in [0.3, 0.4) is 0 Å². The van der Waals surface area contributed by atoms with E-state index in [1.807, 2.05) is 13.8 Å². The maximum absolute atomic E-state index is 11.7. The van der Waals surface area contributed by atoms with E-state index in [0.29, 0.717) is 16.3 Å². The number of rotatable bonds is 6. The smallest absolute Gasteiger partial charge is 0.156 e. The molecule has 0 saturated heterocycles. The van der Waals surface area contributed by atoms with Crippen molar-refractivity contribution in [1.29, 1.82) is 5.26 Å². The lowest BCUT2D eigenvalue weighted by atomic mass is 10.2. The van der Waals surface area contributed by atoms with Crippen LogP contribution in [0.5, 0.6) is 0 Å². The van der Waals surface area contributed by atoms with Crippen LogP contribution in [0.4, 0.5) is 0 Å². The summed E-state index contributed by atoms with van der Waals surface area (Å²) in [6, 6.07) is 2.08. The molecular weight excluding hydrogens is 256 g/mol. The minimum Gasteiger partial charge on any atom is -0.244 e. The van der Waals surface area contributed by atoms with E-state index < -0.39 is 9.84 Å². The highest BCUT2D eigenvalue weighted by molar-refractivity contribution is 7.90. The number of thiazole rings is 1. The molecular formula is C11H16N2O2S2. The number of sulfone groups is 1. The van der Waals surface area contributed by atoms with Gasteiger partial charge in [0.2, 0.25) is 0 Å². The van der Waals surface area contributed by atoms with Crippen LogP contribution in [0.25, 0.3) is 0 Å². The molecule has 1 heterocycles. The maximum atomic E-state index is 11.7. The van der Waals surface area contributed by atoms with E-state index in [-0.39, 0.29) is 11.5 Å². The molecule has 0 amide bonds. The third-order valence-electron chi connectivity index (χ3n) is 2.19. The van der Waals surface area contributed by atoms with Crippen molar-refractivity contribution < 1.29 is 8.42 Å².